The Hall–Kier alpha value is -2.54. The Kier molecular flexibility index (Phi) is 6.95. The third-order valence-electron chi connectivity index (χ3n) is 19.1. The zero-order valence-electron chi connectivity index (χ0n) is 33.1. The lowest BCUT2D eigenvalue weighted by Gasteiger charge is -2.54. The quantitative estimate of drug-likeness (QED) is 0.235. The fourth-order valence-corrected chi connectivity index (χ4v) is 18.9. The van der Waals surface area contributed by atoms with E-state index in [4.69, 9.17) is 0 Å². The molecule has 0 N–H and O–H groups in total. The smallest absolute Gasteiger partial charge is 0.0559 e. The van der Waals surface area contributed by atoms with Gasteiger partial charge in [-0.25, -0.2) is 0 Å². The maximum atomic E-state index is 4.13. The van der Waals surface area contributed by atoms with Gasteiger partial charge in [0.05, 0.1) is 5.56 Å². The van der Waals surface area contributed by atoms with Crippen LogP contribution in [-0.4, -0.2) is 0 Å². The molecule has 16 aliphatic rings. The first-order chi connectivity index (χ1) is 26.3. The highest BCUT2D eigenvalue weighted by Gasteiger charge is 2.53. The van der Waals surface area contributed by atoms with Crippen LogP contribution in [0.2, 0.25) is 0 Å². The predicted molar refractivity (Wildman–Crippen MR) is 216 cm³/mol. The van der Waals surface area contributed by atoms with Crippen LogP contribution in [0.15, 0.2) is 12.1 Å². The van der Waals surface area contributed by atoms with E-state index >= 15 is 0 Å². The van der Waals surface area contributed by atoms with Crippen LogP contribution in [0.1, 0.15) is 176 Å². The van der Waals surface area contributed by atoms with Crippen LogP contribution in [0.4, 0.5) is 0 Å². The Balaban J connectivity index is 0.949. The summed E-state index contributed by atoms with van der Waals surface area (Å²) in [6.45, 7) is 0. The minimum Gasteiger partial charge on any atom is -0.0911 e. The first-order valence-corrected chi connectivity index (χ1v) is 23.6. The third kappa shape index (κ3) is 5.49. The lowest BCUT2D eigenvalue weighted by molar-refractivity contribution is -0.0183. The topological polar surface area (TPSA) is 0 Å². The minimum atomic E-state index is 0.223. The summed E-state index contributed by atoms with van der Waals surface area (Å²) in [5, 5.41) is 0. The highest BCUT2D eigenvalue weighted by molar-refractivity contribution is 5.64. The van der Waals surface area contributed by atoms with E-state index in [0.717, 1.165) is 71.0 Å². The second-order valence-corrected chi connectivity index (χ2v) is 23.7. The average Bonchev–Trinajstić information content (AvgIpc) is 3.10. The summed E-state index contributed by atoms with van der Waals surface area (Å²) in [4.78, 5) is 0. The molecule has 0 atom stereocenters. The van der Waals surface area contributed by atoms with Crippen molar-refractivity contribution in [2.24, 2.45) is 92.7 Å². The SMILES string of the molecule is C(#CC12CC3CC(CC(C3)C1)C2)c1cc(C#CC23CC4CC(CC(C4)C2)C3)c(C#CC23CC4CC(CC(C4)C2)C3)c(C#CC23CC4CC(CC(C4)C2)C3)c1. The summed E-state index contributed by atoms with van der Waals surface area (Å²) in [6, 6.07) is 4.83. The van der Waals surface area contributed by atoms with Crippen molar-refractivity contribution >= 4 is 0 Å². The highest BCUT2D eigenvalue weighted by Crippen LogP contribution is 2.63. The third-order valence-corrected chi connectivity index (χ3v) is 19.1. The molecule has 0 heteroatoms. The summed E-state index contributed by atoms with van der Waals surface area (Å²) in [5.74, 6) is 43.4. The molecule has 0 aliphatic heterocycles. The Bertz CT molecular complexity index is 1810. The van der Waals surface area contributed by atoms with Crippen LogP contribution in [0.25, 0.3) is 0 Å². The molecule has 54 heavy (non-hydrogen) atoms. The van der Waals surface area contributed by atoms with Gasteiger partial charge < -0.3 is 0 Å². The number of hydrogen-bond acceptors (Lipinski definition) is 0. The first kappa shape index (κ1) is 32.5. The lowest BCUT2D eigenvalue weighted by atomic mass is 9.50. The molecule has 0 saturated heterocycles. The van der Waals surface area contributed by atoms with Crippen LogP contribution >= 0.6 is 0 Å². The van der Waals surface area contributed by atoms with Crippen molar-refractivity contribution in [3.63, 3.8) is 0 Å². The molecule has 0 amide bonds. The fourth-order valence-electron chi connectivity index (χ4n) is 18.9. The number of hydrogen-bond donors (Lipinski definition) is 0. The van der Waals surface area contributed by atoms with E-state index in [1.165, 1.54) is 176 Å². The van der Waals surface area contributed by atoms with E-state index < -0.39 is 0 Å². The molecule has 0 nitrogen and oxygen atoms in total. The van der Waals surface area contributed by atoms with Crippen LogP contribution in [-0.2, 0) is 0 Å². The van der Waals surface area contributed by atoms with E-state index in [0.29, 0.717) is 0 Å². The van der Waals surface area contributed by atoms with Crippen molar-refractivity contribution in [2.45, 2.75) is 154 Å². The maximum Gasteiger partial charge on any atom is 0.0559 e. The van der Waals surface area contributed by atoms with Crippen LogP contribution in [0.5, 0.6) is 0 Å². The van der Waals surface area contributed by atoms with Crippen LogP contribution in [0, 0.1) is 140 Å². The van der Waals surface area contributed by atoms with E-state index in [1.807, 2.05) is 0 Å². The molecular formula is C54H62. The standard InChI is InChI=1S/C54H62/c1(5-51-23-36-9-37(24-51)11-38(10-36)25-51)35-21-48(2-6-52-26-39-12-40(27-52)14-41(13-39)28-52)50(4-8-54-32-45-18-46(33-54)20-47(19-45)34-54)49(22-35)3-7-53-29-42-15-43(30-53)17-44(16-42)31-53/h21-22,36-47H,9-20,23-34H2. The van der Waals surface area contributed by atoms with Crippen molar-refractivity contribution in [3.8, 4) is 47.4 Å². The molecule has 16 bridgehead atoms. The van der Waals surface area contributed by atoms with Gasteiger partial charge in [-0.05, 0) is 237 Å². The molecule has 278 valence electrons. The van der Waals surface area contributed by atoms with Crippen molar-refractivity contribution in [2.75, 3.05) is 0 Å². The minimum absolute atomic E-state index is 0.223. The van der Waals surface area contributed by atoms with Crippen LogP contribution in [0.3, 0.4) is 0 Å². The Morgan fingerprint density at radius 3 is 0.778 bits per heavy atom. The van der Waals surface area contributed by atoms with Gasteiger partial charge in [-0.15, -0.1) is 0 Å². The second kappa shape index (κ2) is 11.5. The average molecular weight is 711 g/mol. The molecule has 0 radical (unpaired) electrons. The molecular weight excluding hydrogens is 649 g/mol. The van der Waals surface area contributed by atoms with Gasteiger partial charge in [-0.2, -0.15) is 0 Å². The first-order valence-electron chi connectivity index (χ1n) is 23.6. The van der Waals surface area contributed by atoms with Gasteiger partial charge in [0.25, 0.3) is 0 Å². The van der Waals surface area contributed by atoms with Crippen molar-refractivity contribution < 1.29 is 0 Å². The van der Waals surface area contributed by atoms with Crippen molar-refractivity contribution in [1.82, 2.24) is 0 Å². The monoisotopic (exact) mass is 710 g/mol. The summed E-state index contributed by atoms with van der Waals surface area (Å²) >= 11 is 0. The summed E-state index contributed by atoms with van der Waals surface area (Å²) in [5.41, 5.74) is 5.64. The van der Waals surface area contributed by atoms with Gasteiger partial charge in [-0.1, -0.05) is 47.4 Å². The Morgan fingerprint density at radius 1 is 0.296 bits per heavy atom. The molecule has 17 rings (SSSR count). The van der Waals surface area contributed by atoms with E-state index in [9.17, 15) is 0 Å². The number of rotatable bonds is 0. The summed E-state index contributed by atoms with van der Waals surface area (Å²) in [6.07, 6.45) is 33.8. The predicted octanol–water partition coefficient (Wildman–Crippen LogP) is 12.0. The maximum absolute atomic E-state index is 4.13. The van der Waals surface area contributed by atoms with E-state index in [-0.39, 0.29) is 21.7 Å². The largest absolute Gasteiger partial charge is 0.0911 e. The van der Waals surface area contributed by atoms with Gasteiger partial charge in [-0.3, -0.25) is 0 Å². The second-order valence-electron chi connectivity index (χ2n) is 23.7. The summed E-state index contributed by atoms with van der Waals surface area (Å²) < 4.78 is 0. The molecule has 16 saturated carbocycles. The highest BCUT2D eigenvalue weighted by atomic mass is 14.6. The molecule has 0 aromatic heterocycles. The molecule has 0 unspecified atom stereocenters. The van der Waals surface area contributed by atoms with Gasteiger partial charge in [0.15, 0.2) is 0 Å². The molecule has 1 aromatic rings. The van der Waals surface area contributed by atoms with Gasteiger partial charge in [0, 0.05) is 38.4 Å². The molecule has 16 aliphatic carbocycles. The lowest BCUT2D eigenvalue weighted by Crippen LogP contribution is -2.45. The van der Waals surface area contributed by atoms with Crippen LogP contribution < -0.4 is 0 Å². The molecule has 16 fully saturated rings. The van der Waals surface area contributed by atoms with Crippen molar-refractivity contribution in [1.29, 1.82) is 0 Å². The zero-order valence-corrected chi connectivity index (χ0v) is 33.1. The molecule has 0 spiro atoms. The number of benzene rings is 1. The van der Waals surface area contributed by atoms with Gasteiger partial charge >= 0.3 is 0 Å². The molecule has 0 heterocycles. The van der Waals surface area contributed by atoms with E-state index in [1.54, 1.807) is 0 Å². The summed E-state index contributed by atoms with van der Waals surface area (Å²) in [7, 11) is 0. The van der Waals surface area contributed by atoms with Gasteiger partial charge in [0.1, 0.15) is 0 Å². The molecule has 1 aromatic carbocycles. The zero-order chi connectivity index (χ0) is 35.3. The fraction of sp³-hybridized carbons (Fsp3) is 0.741. The normalized spacial score (nSPS) is 51.1. The van der Waals surface area contributed by atoms with Gasteiger partial charge in [0.2, 0.25) is 0 Å². The van der Waals surface area contributed by atoms with Crippen molar-refractivity contribution in [3.05, 3.63) is 34.4 Å². The van der Waals surface area contributed by atoms with E-state index in [2.05, 4.69) is 59.5 Å². The Labute approximate surface area is 327 Å². The Morgan fingerprint density at radius 2 is 0.519 bits per heavy atom.